The van der Waals surface area contributed by atoms with Gasteiger partial charge in [-0.3, -0.25) is 9.59 Å². The topological polar surface area (TPSA) is 58.2 Å². The van der Waals surface area contributed by atoms with Crippen molar-refractivity contribution in [1.29, 1.82) is 0 Å². The average Bonchev–Trinajstić information content (AvgIpc) is 2.12. The van der Waals surface area contributed by atoms with E-state index in [2.05, 4.69) is 10.6 Å². The van der Waals surface area contributed by atoms with Gasteiger partial charge in [-0.1, -0.05) is 27.2 Å². The van der Waals surface area contributed by atoms with Crippen LogP contribution in [0.1, 0.15) is 40.5 Å². The second-order valence-corrected chi connectivity index (χ2v) is 4.18. The lowest BCUT2D eigenvalue weighted by molar-refractivity contribution is -0.128. The Hall–Kier alpha value is -1.06. The third kappa shape index (κ3) is 6.94. The van der Waals surface area contributed by atoms with Gasteiger partial charge in [0.1, 0.15) is 6.04 Å². The van der Waals surface area contributed by atoms with Gasteiger partial charge in [0.05, 0.1) is 0 Å². The Morgan fingerprint density at radius 1 is 1.27 bits per heavy atom. The van der Waals surface area contributed by atoms with Crippen LogP contribution in [-0.2, 0) is 9.59 Å². The summed E-state index contributed by atoms with van der Waals surface area (Å²) in [5.74, 6) is 0.183. The number of carbonyl (C=O) groups is 2. The third-order valence-corrected chi connectivity index (χ3v) is 1.96. The van der Waals surface area contributed by atoms with E-state index in [0.717, 1.165) is 6.42 Å². The molecule has 0 aliphatic rings. The fourth-order valence-electron chi connectivity index (χ4n) is 1.23. The van der Waals surface area contributed by atoms with Crippen molar-refractivity contribution in [2.45, 2.75) is 46.6 Å². The molecule has 0 rings (SSSR count). The Labute approximate surface area is 91.8 Å². The molecule has 1 atom stereocenters. The van der Waals surface area contributed by atoms with Gasteiger partial charge >= 0.3 is 0 Å². The minimum absolute atomic E-state index is 0.0826. The van der Waals surface area contributed by atoms with E-state index in [1.165, 1.54) is 6.92 Å². The fraction of sp³-hybridized carbons (Fsp3) is 0.818. The fourth-order valence-corrected chi connectivity index (χ4v) is 1.23. The largest absolute Gasteiger partial charge is 0.354 e. The first-order valence-electron chi connectivity index (χ1n) is 5.52. The molecule has 0 aromatic carbocycles. The summed E-state index contributed by atoms with van der Waals surface area (Å²) in [6, 6.07) is -0.383. The van der Waals surface area contributed by atoms with Crippen LogP contribution in [0.4, 0.5) is 0 Å². The monoisotopic (exact) mass is 214 g/mol. The molecular formula is C11H22N2O2. The molecule has 0 fully saturated rings. The summed E-state index contributed by atoms with van der Waals surface area (Å²) in [6.07, 6.45) is 1.56. The molecule has 0 spiro atoms. The van der Waals surface area contributed by atoms with E-state index in [4.69, 9.17) is 0 Å². The normalized spacial score (nSPS) is 12.3. The Bertz CT molecular complexity index is 215. The smallest absolute Gasteiger partial charge is 0.242 e. The molecule has 4 nitrogen and oxygen atoms in total. The standard InChI is InChI=1S/C11H22N2O2/c1-5-6-10(13-9(4)14)11(15)12-7-8(2)3/h8,10H,5-7H2,1-4H3,(H,12,15)(H,13,14). The van der Waals surface area contributed by atoms with Crippen LogP contribution in [0.15, 0.2) is 0 Å². The van der Waals surface area contributed by atoms with Crippen LogP contribution in [-0.4, -0.2) is 24.4 Å². The van der Waals surface area contributed by atoms with E-state index < -0.39 is 0 Å². The maximum absolute atomic E-state index is 11.6. The number of rotatable bonds is 6. The zero-order valence-corrected chi connectivity index (χ0v) is 10.1. The van der Waals surface area contributed by atoms with Crippen LogP contribution in [0.2, 0.25) is 0 Å². The minimum Gasteiger partial charge on any atom is -0.354 e. The summed E-state index contributed by atoms with van der Waals surface area (Å²) in [7, 11) is 0. The molecule has 1 unspecified atom stereocenters. The molecule has 0 heterocycles. The Morgan fingerprint density at radius 2 is 1.87 bits per heavy atom. The Kier molecular flexibility index (Phi) is 6.75. The molecule has 88 valence electrons. The van der Waals surface area contributed by atoms with Gasteiger partial charge in [-0.05, 0) is 12.3 Å². The highest BCUT2D eigenvalue weighted by Crippen LogP contribution is 1.97. The number of amides is 2. The van der Waals surface area contributed by atoms with E-state index in [-0.39, 0.29) is 17.9 Å². The zero-order valence-electron chi connectivity index (χ0n) is 10.1. The van der Waals surface area contributed by atoms with Crippen LogP contribution < -0.4 is 10.6 Å². The molecule has 0 aliphatic carbocycles. The molecule has 0 aliphatic heterocycles. The lowest BCUT2D eigenvalue weighted by atomic mass is 10.1. The molecule has 0 aromatic rings. The molecule has 15 heavy (non-hydrogen) atoms. The maximum Gasteiger partial charge on any atom is 0.242 e. The number of hydrogen-bond donors (Lipinski definition) is 2. The number of carbonyl (C=O) groups excluding carboxylic acids is 2. The molecule has 0 aromatic heterocycles. The third-order valence-electron chi connectivity index (χ3n) is 1.96. The minimum atomic E-state index is -0.383. The first kappa shape index (κ1) is 13.9. The first-order valence-corrected chi connectivity index (χ1v) is 5.52. The average molecular weight is 214 g/mol. The van der Waals surface area contributed by atoms with Crippen molar-refractivity contribution in [2.75, 3.05) is 6.54 Å². The van der Waals surface area contributed by atoms with Crippen molar-refractivity contribution in [3.63, 3.8) is 0 Å². The molecular weight excluding hydrogens is 192 g/mol. The van der Waals surface area contributed by atoms with E-state index >= 15 is 0 Å². The van der Waals surface area contributed by atoms with Gasteiger partial charge in [-0.25, -0.2) is 0 Å². The SMILES string of the molecule is CCCC(NC(C)=O)C(=O)NCC(C)C. The van der Waals surface area contributed by atoms with Crippen molar-refractivity contribution in [3.8, 4) is 0 Å². The Morgan fingerprint density at radius 3 is 2.27 bits per heavy atom. The highest BCUT2D eigenvalue weighted by molar-refractivity contribution is 5.86. The highest BCUT2D eigenvalue weighted by Gasteiger charge is 2.17. The lowest BCUT2D eigenvalue weighted by Crippen LogP contribution is -2.46. The molecule has 0 bridgehead atoms. The quantitative estimate of drug-likeness (QED) is 0.694. The summed E-state index contributed by atoms with van der Waals surface area (Å²) in [5, 5.41) is 5.47. The van der Waals surface area contributed by atoms with Gasteiger partial charge < -0.3 is 10.6 Å². The molecule has 0 saturated heterocycles. The van der Waals surface area contributed by atoms with E-state index in [1.54, 1.807) is 0 Å². The predicted molar refractivity (Wildman–Crippen MR) is 60.4 cm³/mol. The number of nitrogens with one attached hydrogen (secondary N) is 2. The van der Waals surface area contributed by atoms with Gasteiger partial charge in [0, 0.05) is 13.5 Å². The van der Waals surface area contributed by atoms with Crippen molar-refractivity contribution >= 4 is 11.8 Å². The first-order chi connectivity index (χ1) is 6.97. The van der Waals surface area contributed by atoms with Crippen LogP contribution in [0.3, 0.4) is 0 Å². The van der Waals surface area contributed by atoms with Crippen LogP contribution in [0, 0.1) is 5.92 Å². The second-order valence-electron chi connectivity index (χ2n) is 4.18. The lowest BCUT2D eigenvalue weighted by Gasteiger charge is -2.17. The van der Waals surface area contributed by atoms with Crippen molar-refractivity contribution in [3.05, 3.63) is 0 Å². The van der Waals surface area contributed by atoms with Crippen molar-refractivity contribution in [1.82, 2.24) is 10.6 Å². The highest BCUT2D eigenvalue weighted by atomic mass is 16.2. The van der Waals surface area contributed by atoms with E-state index in [1.807, 2.05) is 20.8 Å². The van der Waals surface area contributed by atoms with E-state index in [9.17, 15) is 9.59 Å². The zero-order chi connectivity index (χ0) is 11.8. The summed E-state index contributed by atoms with van der Waals surface area (Å²) in [6.45, 7) is 8.14. The second kappa shape index (κ2) is 7.26. The molecule has 2 N–H and O–H groups in total. The summed E-state index contributed by atoms with van der Waals surface area (Å²) < 4.78 is 0. The van der Waals surface area contributed by atoms with E-state index in [0.29, 0.717) is 18.9 Å². The van der Waals surface area contributed by atoms with Crippen molar-refractivity contribution in [2.24, 2.45) is 5.92 Å². The Balaban J connectivity index is 4.09. The summed E-state index contributed by atoms with van der Waals surface area (Å²) >= 11 is 0. The summed E-state index contributed by atoms with van der Waals surface area (Å²) in [4.78, 5) is 22.5. The molecule has 0 saturated carbocycles. The van der Waals surface area contributed by atoms with Crippen LogP contribution in [0.25, 0.3) is 0 Å². The molecule has 0 radical (unpaired) electrons. The number of hydrogen-bond acceptors (Lipinski definition) is 2. The van der Waals surface area contributed by atoms with Gasteiger partial charge in [-0.15, -0.1) is 0 Å². The van der Waals surface area contributed by atoms with Gasteiger partial charge in [-0.2, -0.15) is 0 Å². The van der Waals surface area contributed by atoms with Gasteiger partial charge in [0.25, 0.3) is 0 Å². The molecule has 4 heteroatoms. The summed E-state index contributed by atoms with van der Waals surface area (Å²) in [5.41, 5.74) is 0. The maximum atomic E-state index is 11.6. The van der Waals surface area contributed by atoms with Crippen LogP contribution in [0.5, 0.6) is 0 Å². The van der Waals surface area contributed by atoms with Crippen molar-refractivity contribution < 1.29 is 9.59 Å². The van der Waals surface area contributed by atoms with Gasteiger partial charge in [0.15, 0.2) is 0 Å². The predicted octanol–water partition coefficient (Wildman–Crippen LogP) is 1.06. The van der Waals surface area contributed by atoms with Crippen LogP contribution >= 0.6 is 0 Å². The molecule has 2 amide bonds. The van der Waals surface area contributed by atoms with Gasteiger partial charge in [0.2, 0.25) is 11.8 Å².